The molecule has 0 radical (unpaired) electrons. The number of rotatable bonds is 33. The lowest BCUT2D eigenvalue weighted by Crippen LogP contribution is -2.27. The van der Waals surface area contributed by atoms with E-state index < -0.39 is 6.10 Å². The number of aliphatic hydroxyl groups is 1. The van der Waals surface area contributed by atoms with E-state index in [1.807, 2.05) is 0 Å². The first kappa shape index (κ1) is 43.6. The molecule has 1 unspecified atom stereocenters. The van der Waals surface area contributed by atoms with Crippen LogP contribution in [0.5, 0.6) is 0 Å². The summed E-state index contributed by atoms with van der Waals surface area (Å²) in [6.45, 7) is 5.10. The molecule has 0 aliphatic heterocycles. The Morgan fingerprint density at radius 3 is 1.48 bits per heavy atom. The zero-order valence-electron chi connectivity index (χ0n) is 29.8. The van der Waals surface area contributed by atoms with Crippen LogP contribution >= 0.6 is 0 Å². The van der Waals surface area contributed by atoms with Gasteiger partial charge in [-0.05, 0) is 83.5 Å². The molecule has 0 saturated carbocycles. The Hall–Kier alpha value is -2.43. The monoisotopic (exact) mass is 639 g/mol. The molecule has 1 N–H and O–H groups in total. The predicted octanol–water partition coefficient (Wildman–Crippen LogP) is 12.0. The predicted molar refractivity (Wildman–Crippen MR) is 200 cm³/mol. The number of hydrogen-bond donors (Lipinski definition) is 1. The molecule has 0 fully saturated rings. The Morgan fingerprint density at radius 1 is 0.543 bits per heavy atom. The standard InChI is InChI=1S/C42H70O4/c1-3-5-7-9-11-13-15-17-19-20-21-22-23-24-26-28-30-32-34-36-38-45-40-41(39-43)46-42(44)37-35-33-31-29-27-25-18-16-14-12-10-8-6-4-2/h5,7,10-13,16-19,21-22,24,26,41,43H,3-4,6,8-9,14-15,20,23,25,27-40H2,1-2H3/b7-5-,12-10-,13-11-,18-16-,19-17-,22-21-,26-24-. The minimum Gasteiger partial charge on any atom is -0.457 e. The molecule has 4 heteroatoms. The van der Waals surface area contributed by atoms with Crippen molar-refractivity contribution in [3.8, 4) is 0 Å². The van der Waals surface area contributed by atoms with Crippen LogP contribution in [-0.4, -0.2) is 37.0 Å². The molecule has 0 aromatic heterocycles. The lowest BCUT2D eigenvalue weighted by molar-refractivity contribution is -0.154. The number of carbonyl (C=O) groups excluding carboxylic acids is 1. The molecule has 0 aliphatic rings. The highest BCUT2D eigenvalue weighted by molar-refractivity contribution is 5.69. The van der Waals surface area contributed by atoms with Gasteiger partial charge in [-0.15, -0.1) is 0 Å². The summed E-state index contributed by atoms with van der Waals surface area (Å²) in [5, 5.41) is 9.56. The SMILES string of the molecule is CC/C=C\C/C=C\C/C=C\C/C=C\C/C=C\CCCCCCOCC(CO)OC(=O)CCCCCCC/C=C\C/C=C\CCCC. The highest BCUT2D eigenvalue weighted by atomic mass is 16.6. The van der Waals surface area contributed by atoms with Crippen molar-refractivity contribution < 1.29 is 19.4 Å². The molecule has 46 heavy (non-hydrogen) atoms. The smallest absolute Gasteiger partial charge is 0.306 e. The van der Waals surface area contributed by atoms with E-state index in [0.29, 0.717) is 13.0 Å². The first-order valence-electron chi connectivity index (χ1n) is 18.7. The summed E-state index contributed by atoms with van der Waals surface area (Å²) in [4.78, 5) is 12.1. The summed E-state index contributed by atoms with van der Waals surface area (Å²) in [6.07, 6.45) is 53.4. The van der Waals surface area contributed by atoms with Crippen LogP contribution in [0.25, 0.3) is 0 Å². The topological polar surface area (TPSA) is 55.8 Å². The quantitative estimate of drug-likeness (QED) is 0.0441. The van der Waals surface area contributed by atoms with E-state index in [0.717, 1.165) is 83.5 Å². The van der Waals surface area contributed by atoms with Crippen molar-refractivity contribution in [2.24, 2.45) is 0 Å². The summed E-state index contributed by atoms with van der Waals surface area (Å²) in [6, 6.07) is 0. The lowest BCUT2D eigenvalue weighted by atomic mass is 10.1. The number of esters is 1. The summed E-state index contributed by atoms with van der Waals surface area (Å²) >= 11 is 0. The zero-order chi connectivity index (χ0) is 33.4. The second kappa shape index (κ2) is 38.8. The van der Waals surface area contributed by atoms with Gasteiger partial charge in [-0.25, -0.2) is 0 Å². The van der Waals surface area contributed by atoms with Crippen molar-refractivity contribution in [2.75, 3.05) is 19.8 Å². The molecule has 262 valence electrons. The van der Waals surface area contributed by atoms with Gasteiger partial charge in [-0.1, -0.05) is 144 Å². The average molecular weight is 639 g/mol. The molecule has 0 bridgehead atoms. The van der Waals surface area contributed by atoms with Gasteiger partial charge in [-0.3, -0.25) is 4.79 Å². The van der Waals surface area contributed by atoms with Crippen molar-refractivity contribution in [1.29, 1.82) is 0 Å². The van der Waals surface area contributed by atoms with Crippen LogP contribution in [0, 0.1) is 0 Å². The van der Waals surface area contributed by atoms with Crippen LogP contribution in [-0.2, 0) is 14.3 Å². The molecular weight excluding hydrogens is 568 g/mol. The van der Waals surface area contributed by atoms with Crippen molar-refractivity contribution in [3.63, 3.8) is 0 Å². The largest absolute Gasteiger partial charge is 0.457 e. The molecule has 0 rings (SSSR count). The maximum Gasteiger partial charge on any atom is 0.306 e. The second-order valence-corrected chi connectivity index (χ2v) is 11.9. The van der Waals surface area contributed by atoms with Gasteiger partial charge in [0.1, 0.15) is 6.10 Å². The molecule has 0 aromatic carbocycles. The third-order valence-corrected chi connectivity index (χ3v) is 7.45. The van der Waals surface area contributed by atoms with Gasteiger partial charge in [0.25, 0.3) is 0 Å². The number of aliphatic hydroxyl groups excluding tert-OH is 1. The molecule has 0 aromatic rings. The Labute approximate surface area is 284 Å². The van der Waals surface area contributed by atoms with Gasteiger partial charge < -0.3 is 14.6 Å². The molecule has 0 amide bonds. The summed E-state index contributed by atoms with van der Waals surface area (Å²) in [5.74, 6) is -0.229. The first-order valence-corrected chi connectivity index (χ1v) is 18.7. The summed E-state index contributed by atoms with van der Waals surface area (Å²) in [7, 11) is 0. The van der Waals surface area contributed by atoms with E-state index in [-0.39, 0.29) is 19.2 Å². The van der Waals surface area contributed by atoms with Crippen molar-refractivity contribution in [3.05, 3.63) is 85.1 Å². The van der Waals surface area contributed by atoms with Crippen LogP contribution in [0.2, 0.25) is 0 Å². The van der Waals surface area contributed by atoms with Crippen molar-refractivity contribution >= 4 is 5.97 Å². The molecule has 0 spiro atoms. The van der Waals surface area contributed by atoms with Gasteiger partial charge in [0.15, 0.2) is 0 Å². The highest BCUT2D eigenvalue weighted by Crippen LogP contribution is 2.10. The van der Waals surface area contributed by atoms with Gasteiger partial charge in [-0.2, -0.15) is 0 Å². The number of hydrogen-bond acceptors (Lipinski definition) is 4. The maximum absolute atomic E-state index is 12.1. The Bertz CT molecular complexity index is 846. The molecule has 1 atom stereocenters. The Kier molecular flexibility index (Phi) is 36.7. The maximum atomic E-state index is 12.1. The summed E-state index contributed by atoms with van der Waals surface area (Å²) < 4.78 is 11.1. The van der Waals surface area contributed by atoms with Crippen molar-refractivity contribution in [1.82, 2.24) is 0 Å². The minimum atomic E-state index is -0.559. The average Bonchev–Trinajstić information content (AvgIpc) is 3.06. The normalized spacial score (nSPS) is 13.4. The third-order valence-electron chi connectivity index (χ3n) is 7.45. The van der Waals surface area contributed by atoms with Gasteiger partial charge in [0, 0.05) is 13.0 Å². The fourth-order valence-electron chi connectivity index (χ4n) is 4.66. The van der Waals surface area contributed by atoms with E-state index in [9.17, 15) is 9.90 Å². The van der Waals surface area contributed by atoms with Crippen LogP contribution in [0.3, 0.4) is 0 Å². The Morgan fingerprint density at radius 2 is 0.978 bits per heavy atom. The minimum absolute atomic E-state index is 0.193. The van der Waals surface area contributed by atoms with Crippen LogP contribution in [0.4, 0.5) is 0 Å². The zero-order valence-corrected chi connectivity index (χ0v) is 29.8. The molecular formula is C42H70O4. The van der Waals surface area contributed by atoms with Gasteiger partial charge in [0.2, 0.25) is 0 Å². The van der Waals surface area contributed by atoms with Crippen molar-refractivity contribution in [2.45, 2.75) is 155 Å². The van der Waals surface area contributed by atoms with Gasteiger partial charge >= 0.3 is 5.97 Å². The van der Waals surface area contributed by atoms with Crippen LogP contribution in [0.1, 0.15) is 149 Å². The molecule has 0 saturated heterocycles. The molecule has 0 aliphatic carbocycles. The third kappa shape index (κ3) is 36.0. The van der Waals surface area contributed by atoms with Crippen LogP contribution in [0.15, 0.2) is 85.1 Å². The molecule has 4 nitrogen and oxygen atoms in total. The van der Waals surface area contributed by atoms with E-state index in [1.165, 1.54) is 44.9 Å². The number of allylic oxidation sites excluding steroid dienone is 14. The molecule has 0 heterocycles. The van der Waals surface area contributed by atoms with Gasteiger partial charge in [0.05, 0.1) is 13.2 Å². The van der Waals surface area contributed by atoms with E-state index in [4.69, 9.17) is 9.47 Å². The van der Waals surface area contributed by atoms with E-state index >= 15 is 0 Å². The summed E-state index contributed by atoms with van der Waals surface area (Å²) in [5.41, 5.74) is 0. The number of unbranched alkanes of at least 4 members (excludes halogenated alkanes) is 11. The number of carbonyl (C=O) groups is 1. The number of ether oxygens (including phenoxy) is 2. The first-order chi connectivity index (χ1) is 22.7. The second-order valence-electron chi connectivity index (χ2n) is 11.9. The lowest BCUT2D eigenvalue weighted by Gasteiger charge is -2.15. The van der Waals surface area contributed by atoms with Crippen LogP contribution < -0.4 is 0 Å². The fourth-order valence-corrected chi connectivity index (χ4v) is 4.66. The Balaban J connectivity index is 3.57. The van der Waals surface area contributed by atoms with E-state index in [2.05, 4.69) is 98.9 Å². The van der Waals surface area contributed by atoms with E-state index in [1.54, 1.807) is 0 Å². The fraction of sp³-hybridized carbons (Fsp3) is 0.643. The highest BCUT2D eigenvalue weighted by Gasteiger charge is 2.13.